The summed E-state index contributed by atoms with van der Waals surface area (Å²) in [5, 5.41) is 3.26. The van der Waals surface area contributed by atoms with Gasteiger partial charge in [0.1, 0.15) is 11.3 Å². The molecule has 0 amide bonds. The van der Waals surface area contributed by atoms with Crippen molar-refractivity contribution < 1.29 is 22.2 Å². The molecule has 1 aromatic heterocycles. The van der Waals surface area contributed by atoms with E-state index in [0.29, 0.717) is 12.2 Å². The number of hydrogen-bond donors (Lipinski definition) is 2. The first-order valence-electron chi connectivity index (χ1n) is 10.8. The van der Waals surface area contributed by atoms with Gasteiger partial charge >= 0.3 is 7.52 Å². The number of methoxy groups -OCH3 is 1. The Balaban J connectivity index is 2.13. The maximum atomic E-state index is 13.8. The van der Waals surface area contributed by atoms with Crippen molar-refractivity contribution in [1.82, 2.24) is 4.57 Å². The fourth-order valence-electron chi connectivity index (χ4n) is 3.45. The van der Waals surface area contributed by atoms with Crippen LogP contribution in [0.1, 0.15) is 39.7 Å². The Hall–Kier alpha value is -2.62. The van der Waals surface area contributed by atoms with Crippen molar-refractivity contribution in [3.8, 4) is 5.75 Å². The fourth-order valence-corrected chi connectivity index (χ4v) is 5.81. The van der Waals surface area contributed by atoms with Crippen molar-refractivity contribution in [2.75, 3.05) is 30.0 Å². The van der Waals surface area contributed by atoms with Crippen molar-refractivity contribution in [2.24, 2.45) is 10.2 Å². The van der Waals surface area contributed by atoms with Crippen LogP contribution in [0.5, 0.6) is 5.75 Å². The molecule has 1 unspecified atom stereocenters. The molecule has 0 radical (unpaired) electrons. The number of sulfonamides is 1. The predicted molar refractivity (Wildman–Crippen MR) is 135 cm³/mol. The summed E-state index contributed by atoms with van der Waals surface area (Å²) in [4.78, 5) is 13.4. The molecule has 10 nitrogen and oxygen atoms in total. The van der Waals surface area contributed by atoms with Gasteiger partial charge in [0.15, 0.2) is 5.84 Å². The Labute approximate surface area is 200 Å². The average Bonchev–Trinajstić information content (AvgIpc) is 2.71. The molecule has 2 aromatic rings. The average molecular weight is 511 g/mol. The number of nitrogens with one attached hydrogen (secondary N) is 2. The first kappa shape index (κ1) is 26.0. The van der Waals surface area contributed by atoms with Gasteiger partial charge in [-0.05, 0) is 43.0 Å². The van der Waals surface area contributed by atoms with E-state index < -0.39 is 17.5 Å². The second-order valence-corrected chi connectivity index (χ2v) is 12.9. The number of benzene rings is 1. The smallest absolute Gasteiger partial charge is 0.348 e. The molecule has 0 fully saturated rings. The van der Waals surface area contributed by atoms with Crippen LogP contribution in [0.3, 0.4) is 0 Å². The Bertz CT molecular complexity index is 1330. The molecule has 1 aliphatic rings. The van der Waals surface area contributed by atoms with Crippen LogP contribution in [0.25, 0.3) is 0 Å². The lowest BCUT2D eigenvalue weighted by atomic mass is 9.92. The van der Waals surface area contributed by atoms with E-state index in [1.807, 2.05) is 0 Å². The number of amidine groups is 1. The lowest BCUT2D eigenvalue weighted by molar-refractivity contribution is 0.341. The lowest BCUT2D eigenvalue weighted by Gasteiger charge is -2.26. The molecule has 0 spiro atoms. The topological polar surface area (TPSA) is 128 Å². The number of nitrogens with zero attached hydrogens (tertiary/aromatic N) is 2. The van der Waals surface area contributed by atoms with Crippen molar-refractivity contribution >= 4 is 40.1 Å². The highest BCUT2D eigenvalue weighted by atomic mass is 32.2. The third kappa shape index (κ3) is 5.89. The Kier molecular flexibility index (Phi) is 7.31. The molecule has 0 aliphatic carbocycles. The summed E-state index contributed by atoms with van der Waals surface area (Å²) in [6, 6.07) is 6.18. The number of pyridine rings is 1. The highest BCUT2D eigenvalue weighted by Gasteiger charge is 2.35. The van der Waals surface area contributed by atoms with Gasteiger partial charge in [-0.1, -0.05) is 20.8 Å². The molecule has 12 heteroatoms. The number of rotatable bonds is 8. The summed E-state index contributed by atoms with van der Waals surface area (Å²) in [5.74, 6) is 0.352. The molecule has 1 aliphatic heterocycles. The quantitative estimate of drug-likeness (QED) is 0.521. The van der Waals surface area contributed by atoms with E-state index >= 15 is 0 Å². The van der Waals surface area contributed by atoms with Gasteiger partial charge in [-0.15, -0.1) is 0 Å². The van der Waals surface area contributed by atoms with Gasteiger partial charge in [-0.25, -0.2) is 8.42 Å². The molecular weight excluding hydrogens is 479 g/mol. The molecule has 1 aromatic carbocycles. The van der Waals surface area contributed by atoms with Gasteiger partial charge in [-0.3, -0.25) is 14.1 Å². The number of fused-ring (bicyclic) bond motifs is 1. The Morgan fingerprint density at radius 2 is 1.94 bits per heavy atom. The minimum atomic E-state index is -3.84. The number of hydrogen-bond acceptors (Lipinski definition) is 7. The zero-order chi connectivity index (χ0) is 25.3. The maximum absolute atomic E-state index is 13.8. The minimum absolute atomic E-state index is 0.0292. The molecule has 34 heavy (non-hydrogen) atoms. The van der Waals surface area contributed by atoms with Gasteiger partial charge < -0.3 is 19.1 Å². The summed E-state index contributed by atoms with van der Waals surface area (Å²) >= 11 is 0. The monoisotopic (exact) mass is 510 g/mol. The van der Waals surface area contributed by atoms with Gasteiger partial charge in [0, 0.05) is 18.4 Å². The van der Waals surface area contributed by atoms with Crippen molar-refractivity contribution in [3.63, 3.8) is 0 Å². The van der Waals surface area contributed by atoms with Crippen LogP contribution in [-0.2, 0) is 25.7 Å². The van der Waals surface area contributed by atoms with E-state index in [-0.39, 0.29) is 45.7 Å². The third-order valence-electron chi connectivity index (χ3n) is 5.08. The number of ether oxygens (including phenoxy) is 1. The molecule has 3 rings (SSSR count). The van der Waals surface area contributed by atoms with Crippen LogP contribution in [0.2, 0.25) is 0 Å². The van der Waals surface area contributed by atoms with E-state index in [1.54, 1.807) is 29.8 Å². The summed E-state index contributed by atoms with van der Waals surface area (Å²) in [6.45, 7) is 8.55. The van der Waals surface area contributed by atoms with Crippen molar-refractivity contribution in [3.05, 3.63) is 46.4 Å². The lowest BCUT2D eigenvalue weighted by Crippen LogP contribution is -2.34. The Morgan fingerprint density at radius 3 is 2.53 bits per heavy atom. The number of aromatic nitrogens is 1. The molecule has 186 valence electrons. The zero-order valence-electron chi connectivity index (χ0n) is 20.2. The van der Waals surface area contributed by atoms with Gasteiger partial charge in [0.05, 0.1) is 31.0 Å². The van der Waals surface area contributed by atoms with Crippen LogP contribution in [-0.4, -0.2) is 38.8 Å². The summed E-state index contributed by atoms with van der Waals surface area (Å²) < 4.78 is 56.4. The molecule has 0 bridgehead atoms. The molecule has 2 heterocycles. The molecule has 0 saturated carbocycles. The largest absolute Gasteiger partial charge is 0.496 e. The van der Waals surface area contributed by atoms with E-state index in [4.69, 9.17) is 9.26 Å². The standard InChI is InChI=1S/C22H31N4O6PS/c1-7-32-33(28)18-14-15(25-34(6,29)30)8-9-16(18)23-20(24-33)19-17(31-5)10-12-26(21(19)27)13-11-22(2,3)4/h8-10,12,14,25H,7,11,13H2,1-6H3,(H,23,24,28). The van der Waals surface area contributed by atoms with E-state index in [0.717, 1.165) is 12.7 Å². The first-order chi connectivity index (χ1) is 15.8. The molecule has 1 atom stereocenters. The molecule has 2 N–H and O–H groups in total. The first-order valence-corrected chi connectivity index (χ1v) is 14.3. The molecular formula is C22H31N4O6PS. The number of anilines is 2. The number of aryl methyl sites for hydroxylation is 1. The van der Waals surface area contributed by atoms with Crippen LogP contribution in [0.4, 0.5) is 11.4 Å². The zero-order valence-corrected chi connectivity index (χ0v) is 21.9. The van der Waals surface area contributed by atoms with Crippen LogP contribution in [0.15, 0.2) is 40.0 Å². The highest BCUT2D eigenvalue weighted by Crippen LogP contribution is 2.52. The van der Waals surface area contributed by atoms with Gasteiger partial charge in [-0.2, -0.15) is 4.76 Å². The van der Waals surface area contributed by atoms with E-state index in [2.05, 4.69) is 35.6 Å². The maximum Gasteiger partial charge on any atom is 0.348 e. The summed E-state index contributed by atoms with van der Waals surface area (Å²) in [6.07, 6.45) is 3.46. The SMILES string of the molecule is CCOP1(=O)N=C(c2c(OC)ccn(CCC(C)(C)C)c2=O)Nc2ccc(NS(C)(=O)=O)cc21. The second kappa shape index (κ2) is 9.56. The normalized spacial score (nSPS) is 18.0. The van der Waals surface area contributed by atoms with Gasteiger partial charge in [0.2, 0.25) is 10.0 Å². The van der Waals surface area contributed by atoms with E-state index in [1.165, 1.54) is 19.2 Å². The van der Waals surface area contributed by atoms with E-state index in [9.17, 15) is 17.8 Å². The minimum Gasteiger partial charge on any atom is -0.496 e. The fraction of sp³-hybridized carbons (Fsp3) is 0.455. The summed E-state index contributed by atoms with van der Waals surface area (Å²) in [5.41, 5.74) is 0.455. The predicted octanol–water partition coefficient (Wildman–Crippen LogP) is 3.39. The second-order valence-electron chi connectivity index (χ2n) is 9.19. The van der Waals surface area contributed by atoms with Crippen LogP contribution < -0.4 is 25.6 Å². The van der Waals surface area contributed by atoms with Gasteiger partial charge in [0.25, 0.3) is 5.56 Å². The molecule has 0 saturated heterocycles. The highest BCUT2D eigenvalue weighted by molar-refractivity contribution is 7.92. The van der Waals surface area contributed by atoms with Crippen LogP contribution in [0, 0.1) is 5.41 Å². The third-order valence-corrected chi connectivity index (χ3v) is 7.74. The van der Waals surface area contributed by atoms with Crippen LogP contribution >= 0.6 is 7.52 Å². The Morgan fingerprint density at radius 1 is 1.24 bits per heavy atom. The summed E-state index contributed by atoms with van der Waals surface area (Å²) in [7, 11) is -5.93. The van der Waals surface area contributed by atoms with Crippen molar-refractivity contribution in [2.45, 2.75) is 40.7 Å². The van der Waals surface area contributed by atoms with Crippen molar-refractivity contribution in [1.29, 1.82) is 0 Å².